The Balaban J connectivity index is 2.22. The number of nitrogens with one attached hydrogen (secondary N) is 1. The van der Waals surface area contributed by atoms with Crippen LogP contribution in [-0.4, -0.2) is 25.4 Å². The smallest absolute Gasteiger partial charge is 0.269 e. The van der Waals surface area contributed by atoms with Crippen LogP contribution in [0.25, 0.3) is 0 Å². The minimum absolute atomic E-state index is 0.0919. The Bertz CT molecular complexity index is 741. The normalized spacial score (nSPS) is 10.9. The van der Waals surface area contributed by atoms with Crippen molar-refractivity contribution >= 4 is 21.5 Å². The Hall–Kier alpha value is -2.68. The van der Waals surface area contributed by atoms with Gasteiger partial charge in [-0.1, -0.05) is 0 Å². The zero-order valence-corrected chi connectivity index (χ0v) is 11.7. The maximum absolute atomic E-state index is 12.1. The van der Waals surface area contributed by atoms with E-state index in [2.05, 4.69) is 9.71 Å². The number of nitrogens with zero attached hydrogens (tertiary/aromatic N) is 2. The molecule has 0 fully saturated rings. The maximum Gasteiger partial charge on any atom is 0.269 e. The van der Waals surface area contributed by atoms with Gasteiger partial charge >= 0.3 is 0 Å². The number of aromatic nitrogens is 1. The van der Waals surface area contributed by atoms with Crippen LogP contribution in [-0.2, 0) is 10.0 Å². The van der Waals surface area contributed by atoms with Crippen molar-refractivity contribution in [2.45, 2.75) is 4.90 Å². The first kappa shape index (κ1) is 14.7. The second-order valence-electron chi connectivity index (χ2n) is 3.94. The lowest BCUT2D eigenvalue weighted by Crippen LogP contribution is -2.13. The average molecular weight is 309 g/mol. The van der Waals surface area contributed by atoms with E-state index in [-0.39, 0.29) is 16.4 Å². The monoisotopic (exact) mass is 309 g/mol. The van der Waals surface area contributed by atoms with Crippen LogP contribution < -0.4 is 9.46 Å². The first-order valence-electron chi connectivity index (χ1n) is 5.70. The number of anilines is 1. The van der Waals surface area contributed by atoms with Crippen molar-refractivity contribution in [2.24, 2.45) is 0 Å². The molecule has 1 N–H and O–H groups in total. The van der Waals surface area contributed by atoms with E-state index in [4.69, 9.17) is 4.74 Å². The van der Waals surface area contributed by atoms with Gasteiger partial charge < -0.3 is 4.74 Å². The van der Waals surface area contributed by atoms with Crippen LogP contribution in [0.3, 0.4) is 0 Å². The van der Waals surface area contributed by atoms with Crippen molar-refractivity contribution in [2.75, 3.05) is 11.8 Å². The first-order valence-corrected chi connectivity index (χ1v) is 7.18. The number of non-ortho nitro benzene ring substituents is 1. The molecule has 9 heteroatoms. The van der Waals surface area contributed by atoms with Gasteiger partial charge in [0.2, 0.25) is 0 Å². The maximum atomic E-state index is 12.1. The van der Waals surface area contributed by atoms with Crippen molar-refractivity contribution in [3.63, 3.8) is 0 Å². The van der Waals surface area contributed by atoms with E-state index < -0.39 is 14.9 Å². The number of rotatable bonds is 5. The summed E-state index contributed by atoms with van der Waals surface area (Å²) in [5.74, 6) is 0.613. The first-order chi connectivity index (χ1) is 9.92. The van der Waals surface area contributed by atoms with Crippen LogP contribution in [0.2, 0.25) is 0 Å². The highest BCUT2D eigenvalue weighted by Crippen LogP contribution is 2.19. The molecule has 21 heavy (non-hydrogen) atoms. The van der Waals surface area contributed by atoms with Crippen LogP contribution >= 0.6 is 0 Å². The highest BCUT2D eigenvalue weighted by molar-refractivity contribution is 7.92. The van der Waals surface area contributed by atoms with E-state index >= 15 is 0 Å². The quantitative estimate of drug-likeness (QED) is 0.666. The predicted molar refractivity (Wildman–Crippen MR) is 74.7 cm³/mol. The fourth-order valence-corrected chi connectivity index (χ4v) is 2.51. The van der Waals surface area contributed by atoms with E-state index in [1.807, 2.05) is 0 Å². The fraction of sp³-hybridized carbons (Fsp3) is 0.0833. The van der Waals surface area contributed by atoms with Gasteiger partial charge in [0.25, 0.3) is 15.7 Å². The zero-order chi connectivity index (χ0) is 15.5. The fourth-order valence-electron chi connectivity index (χ4n) is 1.51. The summed E-state index contributed by atoms with van der Waals surface area (Å²) in [4.78, 5) is 13.7. The summed E-state index contributed by atoms with van der Waals surface area (Å²) in [5, 5.41) is 10.5. The summed E-state index contributed by atoms with van der Waals surface area (Å²) in [6.07, 6.45) is 1.37. The molecule has 0 unspecified atom stereocenters. The minimum atomic E-state index is -3.85. The molecule has 1 aromatic carbocycles. The summed E-state index contributed by atoms with van der Waals surface area (Å²) < 4.78 is 31.4. The molecular formula is C12H11N3O5S. The number of hydrogen-bond acceptors (Lipinski definition) is 6. The van der Waals surface area contributed by atoms with Gasteiger partial charge in [0, 0.05) is 12.1 Å². The second kappa shape index (κ2) is 5.75. The molecule has 0 spiro atoms. The van der Waals surface area contributed by atoms with Gasteiger partial charge in [-0.3, -0.25) is 14.8 Å². The van der Waals surface area contributed by atoms with E-state index in [1.165, 1.54) is 19.4 Å². The zero-order valence-electron chi connectivity index (χ0n) is 10.9. The van der Waals surface area contributed by atoms with Crippen LogP contribution in [0.4, 0.5) is 11.5 Å². The highest BCUT2D eigenvalue weighted by atomic mass is 32.2. The van der Waals surface area contributed by atoms with Crippen LogP contribution in [0.5, 0.6) is 5.75 Å². The number of ether oxygens (including phenoxy) is 1. The Morgan fingerprint density at radius 2 is 1.86 bits per heavy atom. The molecule has 110 valence electrons. The second-order valence-corrected chi connectivity index (χ2v) is 5.62. The van der Waals surface area contributed by atoms with Gasteiger partial charge in [0.1, 0.15) is 11.6 Å². The molecule has 0 amide bonds. The number of methoxy groups -OCH3 is 1. The van der Waals surface area contributed by atoms with E-state index in [0.29, 0.717) is 5.75 Å². The number of benzene rings is 1. The van der Waals surface area contributed by atoms with Gasteiger partial charge in [-0.15, -0.1) is 0 Å². The Labute approximate surface area is 120 Å². The predicted octanol–water partition coefficient (Wildman–Crippen LogP) is 1.80. The third-order valence-electron chi connectivity index (χ3n) is 2.57. The average Bonchev–Trinajstić information content (AvgIpc) is 2.48. The molecule has 0 aliphatic rings. The molecule has 0 aliphatic carbocycles. The number of nitro groups is 1. The molecule has 0 aliphatic heterocycles. The summed E-state index contributed by atoms with van der Waals surface area (Å²) in [6.45, 7) is 0. The lowest BCUT2D eigenvalue weighted by Gasteiger charge is -2.07. The molecule has 0 radical (unpaired) electrons. The van der Waals surface area contributed by atoms with Crippen LogP contribution in [0.1, 0.15) is 0 Å². The van der Waals surface area contributed by atoms with Crippen molar-refractivity contribution in [3.05, 3.63) is 52.7 Å². The molecule has 2 aromatic rings. The van der Waals surface area contributed by atoms with E-state index in [9.17, 15) is 18.5 Å². The lowest BCUT2D eigenvalue weighted by atomic mass is 10.3. The molecule has 2 rings (SSSR count). The molecule has 0 atom stereocenters. The molecule has 0 saturated heterocycles. The van der Waals surface area contributed by atoms with E-state index in [1.54, 1.807) is 6.07 Å². The summed E-state index contributed by atoms with van der Waals surface area (Å²) >= 11 is 0. The third kappa shape index (κ3) is 3.45. The Morgan fingerprint density at radius 1 is 1.19 bits per heavy atom. The number of hydrogen-bond donors (Lipinski definition) is 1. The lowest BCUT2D eigenvalue weighted by molar-refractivity contribution is -0.384. The van der Waals surface area contributed by atoms with Crippen molar-refractivity contribution in [1.82, 2.24) is 4.98 Å². The molecular weight excluding hydrogens is 298 g/mol. The molecule has 1 aromatic heterocycles. The van der Waals surface area contributed by atoms with Gasteiger partial charge in [0.15, 0.2) is 0 Å². The largest absolute Gasteiger partial charge is 0.495 e. The van der Waals surface area contributed by atoms with Crippen LogP contribution in [0.15, 0.2) is 47.5 Å². The molecule has 0 bridgehead atoms. The minimum Gasteiger partial charge on any atom is -0.495 e. The van der Waals surface area contributed by atoms with E-state index in [0.717, 1.165) is 24.3 Å². The number of sulfonamides is 1. The van der Waals surface area contributed by atoms with Gasteiger partial charge in [-0.25, -0.2) is 13.4 Å². The van der Waals surface area contributed by atoms with Gasteiger partial charge in [-0.2, -0.15) is 0 Å². The Morgan fingerprint density at radius 3 is 2.33 bits per heavy atom. The van der Waals surface area contributed by atoms with Crippen molar-refractivity contribution in [3.8, 4) is 5.75 Å². The summed E-state index contributed by atoms with van der Waals surface area (Å²) in [7, 11) is -2.38. The molecule has 8 nitrogen and oxygen atoms in total. The SMILES string of the molecule is COc1ccc(NS(=O)(=O)c2ccc([N+](=O)[O-])cc2)nc1. The number of pyridine rings is 1. The summed E-state index contributed by atoms with van der Waals surface area (Å²) in [5.41, 5.74) is -0.184. The molecule has 0 saturated carbocycles. The number of nitro benzene ring substituents is 1. The third-order valence-corrected chi connectivity index (χ3v) is 3.94. The highest BCUT2D eigenvalue weighted by Gasteiger charge is 2.16. The summed E-state index contributed by atoms with van der Waals surface area (Å²) in [6, 6.07) is 7.56. The van der Waals surface area contributed by atoms with Crippen molar-refractivity contribution in [1.29, 1.82) is 0 Å². The van der Waals surface area contributed by atoms with Crippen molar-refractivity contribution < 1.29 is 18.1 Å². The van der Waals surface area contributed by atoms with Gasteiger partial charge in [-0.05, 0) is 24.3 Å². The Kier molecular flexibility index (Phi) is 4.03. The van der Waals surface area contributed by atoms with Gasteiger partial charge in [0.05, 0.1) is 23.1 Å². The topological polar surface area (TPSA) is 111 Å². The standard InChI is InChI=1S/C12H11N3O5S/c1-20-10-4-7-12(13-8-10)14-21(18,19)11-5-2-9(3-6-11)15(16)17/h2-8H,1H3,(H,13,14). The molecule has 1 heterocycles. The van der Waals surface area contributed by atoms with Crippen LogP contribution in [0, 0.1) is 10.1 Å².